The summed E-state index contributed by atoms with van der Waals surface area (Å²) in [7, 11) is -3.74. The average molecular weight is 455 g/mol. The van der Waals surface area contributed by atoms with Gasteiger partial charge in [0.1, 0.15) is 6.54 Å². The highest BCUT2D eigenvalue weighted by atomic mass is 35.5. The smallest absolute Gasteiger partial charge is 0.241 e. The summed E-state index contributed by atoms with van der Waals surface area (Å²) in [4.78, 5) is 12.6. The lowest BCUT2D eigenvalue weighted by atomic mass is 9.89. The summed E-state index contributed by atoms with van der Waals surface area (Å²) < 4.78 is 25.6. The van der Waals surface area contributed by atoms with Gasteiger partial charge >= 0.3 is 0 Å². The Morgan fingerprint density at radius 1 is 1.14 bits per heavy atom. The predicted octanol–water partition coefficient (Wildman–Crippen LogP) is 4.52. The highest BCUT2D eigenvalue weighted by molar-refractivity contribution is 7.92. The second-order valence-corrected chi connectivity index (χ2v) is 10.1. The van der Waals surface area contributed by atoms with Crippen LogP contribution in [0.2, 0.25) is 10.0 Å². The quantitative estimate of drug-likeness (QED) is 0.697. The van der Waals surface area contributed by atoms with Gasteiger partial charge in [0, 0.05) is 0 Å². The second-order valence-electron chi connectivity index (χ2n) is 7.37. The number of nitrogens with zero attached hydrogens (tertiary/aromatic N) is 1. The van der Waals surface area contributed by atoms with Gasteiger partial charge in [0.05, 0.1) is 28.0 Å². The number of halogens is 2. The van der Waals surface area contributed by atoms with Crippen LogP contribution in [0.5, 0.6) is 0 Å². The number of aryl methyl sites for hydroxylation is 2. The third kappa shape index (κ3) is 5.24. The molecule has 5 nitrogen and oxygen atoms in total. The van der Waals surface area contributed by atoms with Crippen LogP contribution in [0.15, 0.2) is 36.4 Å². The topological polar surface area (TPSA) is 66.5 Å². The summed E-state index contributed by atoms with van der Waals surface area (Å²) in [6.45, 7) is 1.51. The van der Waals surface area contributed by atoms with Gasteiger partial charge in [-0.1, -0.05) is 47.5 Å². The molecule has 2 aromatic rings. The van der Waals surface area contributed by atoms with Crippen molar-refractivity contribution in [2.45, 2.75) is 38.6 Å². The Bertz CT molecular complexity index is 1020. The van der Waals surface area contributed by atoms with E-state index in [1.54, 1.807) is 12.1 Å². The number of benzene rings is 2. The first-order valence-electron chi connectivity index (χ1n) is 9.49. The maximum Gasteiger partial charge on any atom is 0.241 e. The Balaban J connectivity index is 1.76. The molecule has 0 fully saturated rings. The summed E-state index contributed by atoms with van der Waals surface area (Å²) in [5.41, 5.74) is 3.89. The summed E-state index contributed by atoms with van der Waals surface area (Å²) in [6.07, 6.45) is 5.58. The van der Waals surface area contributed by atoms with Gasteiger partial charge in [-0.2, -0.15) is 0 Å². The van der Waals surface area contributed by atoms with Crippen LogP contribution in [0.1, 0.15) is 42.5 Å². The van der Waals surface area contributed by atoms with Crippen LogP contribution in [0, 0.1) is 0 Å². The average Bonchev–Trinajstić information content (AvgIpc) is 2.67. The number of hydrogen-bond donors (Lipinski definition) is 1. The van der Waals surface area contributed by atoms with E-state index in [1.807, 2.05) is 13.0 Å². The summed E-state index contributed by atoms with van der Waals surface area (Å²) in [5, 5.41) is 3.20. The molecule has 0 unspecified atom stereocenters. The molecule has 0 spiro atoms. The van der Waals surface area contributed by atoms with E-state index in [1.165, 1.54) is 30.0 Å². The van der Waals surface area contributed by atoms with Crippen LogP contribution in [0.25, 0.3) is 0 Å². The van der Waals surface area contributed by atoms with E-state index in [2.05, 4.69) is 17.4 Å². The van der Waals surface area contributed by atoms with Crippen LogP contribution in [-0.4, -0.2) is 27.1 Å². The fraction of sp³-hybridized carbons (Fsp3) is 0.381. The SMILES string of the molecule is C[C@H](NC(=O)CN(c1cccc(Cl)c1Cl)S(C)(=O)=O)c1ccc2c(c1)CCCC2. The molecule has 0 aliphatic heterocycles. The van der Waals surface area contributed by atoms with Crippen LogP contribution in [-0.2, 0) is 27.7 Å². The third-order valence-electron chi connectivity index (χ3n) is 5.14. The molecule has 156 valence electrons. The molecule has 0 saturated heterocycles. The van der Waals surface area contributed by atoms with Gasteiger partial charge in [0.15, 0.2) is 0 Å². The lowest BCUT2D eigenvalue weighted by Crippen LogP contribution is -2.41. The first-order valence-corrected chi connectivity index (χ1v) is 12.1. The van der Waals surface area contributed by atoms with Gasteiger partial charge in [-0.25, -0.2) is 8.42 Å². The molecule has 0 aromatic heterocycles. The number of anilines is 1. The maximum absolute atomic E-state index is 12.6. The highest BCUT2D eigenvalue weighted by Crippen LogP contribution is 2.33. The third-order valence-corrected chi connectivity index (χ3v) is 7.07. The van der Waals surface area contributed by atoms with Crippen LogP contribution in [0.4, 0.5) is 5.69 Å². The summed E-state index contributed by atoms with van der Waals surface area (Å²) in [6, 6.07) is 10.7. The van der Waals surface area contributed by atoms with Crippen molar-refractivity contribution >= 4 is 44.8 Å². The minimum absolute atomic E-state index is 0.0927. The predicted molar refractivity (Wildman–Crippen MR) is 118 cm³/mol. The Morgan fingerprint density at radius 3 is 2.52 bits per heavy atom. The molecule has 1 aliphatic carbocycles. The number of sulfonamides is 1. The molecule has 3 rings (SSSR count). The Morgan fingerprint density at radius 2 is 1.83 bits per heavy atom. The monoisotopic (exact) mass is 454 g/mol. The molecule has 1 N–H and O–H groups in total. The molecule has 0 saturated carbocycles. The van der Waals surface area contributed by atoms with E-state index in [4.69, 9.17) is 23.2 Å². The number of nitrogens with one attached hydrogen (secondary N) is 1. The molecule has 1 amide bonds. The fourth-order valence-electron chi connectivity index (χ4n) is 3.59. The molecule has 1 atom stereocenters. The Hall–Kier alpha value is -1.76. The molecule has 29 heavy (non-hydrogen) atoms. The van der Waals surface area contributed by atoms with Crippen molar-refractivity contribution in [3.05, 3.63) is 63.1 Å². The van der Waals surface area contributed by atoms with Gasteiger partial charge in [0.2, 0.25) is 15.9 Å². The first-order chi connectivity index (χ1) is 13.7. The minimum atomic E-state index is -3.74. The van der Waals surface area contributed by atoms with Crippen LogP contribution < -0.4 is 9.62 Å². The van der Waals surface area contributed by atoms with Crippen molar-refractivity contribution in [2.75, 3.05) is 17.1 Å². The molecular weight excluding hydrogens is 431 g/mol. The molecule has 0 heterocycles. The van der Waals surface area contributed by atoms with E-state index in [-0.39, 0.29) is 28.3 Å². The largest absolute Gasteiger partial charge is 0.348 e. The van der Waals surface area contributed by atoms with Crippen molar-refractivity contribution in [1.82, 2.24) is 5.32 Å². The normalized spacial score (nSPS) is 14.8. The standard InChI is InChI=1S/C21H24Cl2N2O3S/c1-14(16-11-10-15-6-3-4-7-17(15)12-16)24-20(26)13-25(29(2,27)28)19-9-5-8-18(22)21(19)23/h5,8-12,14H,3-4,6-7,13H2,1-2H3,(H,24,26)/t14-/m0/s1. The molecule has 0 radical (unpaired) electrons. The zero-order chi connectivity index (χ0) is 21.2. The van der Waals surface area contributed by atoms with Crippen molar-refractivity contribution in [1.29, 1.82) is 0 Å². The minimum Gasteiger partial charge on any atom is -0.348 e. The molecule has 0 bridgehead atoms. The van der Waals surface area contributed by atoms with E-state index in [9.17, 15) is 13.2 Å². The van der Waals surface area contributed by atoms with Crippen molar-refractivity contribution in [2.24, 2.45) is 0 Å². The zero-order valence-corrected chi connectivity index (χ0v) is 18.7. The summed E-state index contributed by atoms with van der Waals surface area (Å²) in [5.74, 6) is -0.420. The maximum atomic E-state index is 12.6. The number of amides is 1. The number of hydrogen-bond acceptors (Lipinski definition) is 3. The summed E-state index contributed by atoms with van der Waals surface area (Å²) >= 11 is 12.2. The van der Waals surface area contributed by atoms with Crippen molar-refractivity contribution in [3.8, 4) is 0 Å². The number of carbonyl (C=O) groups is 1. The second kappa shape index (κ2) is 8.94. The first kappa shape index (κ1) is 21.9. The van der Waals surface area contributed by atoms with E-state index in [0.29, 0.717) is 0 Å². The van der Waals surface area contributed by atoms with Crippen molar-refractivity contribution in [3.63, 3.8) is 0 Å². The molecule has 1 aliphatic rings. The van der Waals surface area contributed by atoms with Crippen molar-refractivity contribution < 1.29 is 13.2 Å². The van der Waals surface area contributed by atoms with Crippen LogP contribution in [0.3, 0.4) is 0 Å². The molecule has 8 heteroatoms. The van der Waals surface area contributed by atoms with Gasteiger partial charge in [0.25, 0.3) is 0 Å². The molecule has 2 aromatic carbocycles. The van der Waals surface area contributed by atoms with Crippen LogP contribution >= 0.6 is 23.2 Å². The lowest BCUT2D eigenvalue weighted by molar-refractivity contribution is -0.120. The van der Waals surface area contributed by atoms with Gasteiger partial charge in [-0.15, -0.1) is 0 Å². The Kier molecular flexibility index (Phi) is 6.76. The molecular formula is C21H24Cl2N2O3S. The number of rotatable bonds is 6. The Labute approximate surface area is 182 Å². The van der Waals surface area contributed by atoms with Gasteiger partial charge in [-0.05, 0) is 61.4 Å². The van der Waals surface area contributed by atoms with E-state index >= 15 is 0 Å². The number of fused-ring (bicyclic) bond motifs is 1. The van der Waals surface area contributed by atoms with E-state index in [0.717, 1.165) is 29.0 Å². The lowest BCUT2D eigenvalue weighted by Gasteiger charge is -2.25. The number of carbonyl (C=O) groups excluding carboxylic acids is 1. The highest BCUT2D eigenvalue weighted by Gasteiger charge is 2.25. The van der Waals surface area contributed by atoms with Gasteiger partial charge < -0.3 is 5.32 Å². The zero-order valence-electron chi connectivity index (χ0n) is 16.4. The van der Waals surface area contributed by atoms with Gasteiger partial charge in [-0.3, -0.25) is 9.10 Å². The fourth-order valence-corrected chi connectivity index (χ4v) is 4.90. The van der Waals surface area contributed by atoms with E-state index < -0.39 is 15.9 Å².